The van der Waals surface area contributed by atoms with Gasteiger partial charge < -0.3 is 19.5 Å². The Morgan fingerprint density at radius 1 is 0.857 bits per heavy atom. The molecule has 0 aliphatic rings. The van der Waals surface area contributed by atoms with Gasteiger partial charge >= 0.3 is 0 Å². The molecular weight excluding hydrogens is 266 g/mol. The topological polar surface area (TPSA) is 39.7 Å². The molecule has 0 aliphatic carbocycles. The van der Waals surface area contributed by atoms with Crippen LogP contribution >= 0.6 is 0 Å². The second-order valence-corrected chi connectivity index (χ2v) is 5.12. The van der Waals surface area contributed by atoms with Crippen molar-refractivity contribution in [3.8, 4) is 17.2 Å². The highest BCUT2D eigenvalue weighted by Crippen LogP contribution is 2.38. The van der Waals surface area contributed by atoms with Gasteiger partial charge in [-0.05, 0) is 30.7 Å². The van der Waals surface area contributed by atoms with E-state index in [-0.39, 0.29) is 0 Å². The van der Waals surface area contributed by atoms with Gasteiger partial charge in [-0.15, -0.1) is 0 Å². The van der Waals surface area contributed by atoms with Crippen molar-refractivity contribution >= 4 is 0 Å². The Bertz CT molecular complexity index is 382. The fraction of sp³-hybridized carbons (Fsp3) is 0.647. The van der Waals surface area contributed by atoms with Crippen LogP contribution in [-0.2, 0) is 6.54 Å². The molecule has 0 saturated carbocycles. The van der Waals surface area contributed by atoms with Crippen LogP contribution in [0.25, 0.3) is 0 Å². The smallest absolute Gasteiger partial charge is 0.203 e. The van der Waals surface area contributed by atoms with Crippen LogP contribution in [0.3, 0.4) is 0 Å². The summed E-state index contributed by atoms with van der Waals surface area (Å²) in [6, 6.07) is 3.98. The van der Waals surface area contributed by atoms with Gasteiger partial charge in [-0.25, -0.2) is 0 Å². The Kier molecular flexibility index (Phi) is 8.67. The third kappa shape index (κ3) is 5.84. The Morgan fingerprint density at radius 3 is 2.00 bits per heavy atom. The summed E-state index contributed by atoms with van der Waals surface area (Å²) in [7, 11) is 4.90. The number of hydrogen-bond acceptors (Lipinski definition) is 4. The van der Waals surface area contributed by atoms with Gasteiger partial charge in [-0.1, -0.05) is 32.6 Å². The predicted octanol–water partition coefficient (Wildman–Crippen LogP) is 3.77. The zero-order chi connectivity index (χ0) is 15.5. The van der Waals surface area contributed by atoms with Crippen LogP contribution in [0.5, 0.6) is 17.2 Å². The van der Waals surface area contributed by atoms with Gasteiger partial charge in [-0.3, -0.25) is 0 Å². The van der Waals surface area contributed by atoms with E-state index in [1.807, 2.05) is 12.1 Å². The van der Waals surface area contributed by atoms with E-state index in [0.717, 1.165) is 18.7 Å². The lowest BCUT2D eigenvalue weighted by atomic mass is 10.1. The highest BCUT2D eigenvalue weighted by Gasteiger charge is 2.12. The number of nitrogens with one attached hydrogen (secondary N) is 1. The summed E-state index contributed by atoms with van der Waals surface area (Å²) < 4.78 is 16.0. The number of benzene rings is 1. The summed E-state index contributed by atoms with van der Waals surface area (Å²) in [6.45, 7) is 4.09. The molecule has 0 heterocycles. The van der Waals surface area contributed by atoms with Crippen molar-refractivity contribution in [1.82, 2.24) is 5.32 Å². The minimum absolute atomic E-state index is 0.642. The molecule has 0 amide bonds. The normalized spacial score (nSPS) is 10.5. The number of hydrogen-bond donors (Lipinski definition) is 1. The largest absolute Gasteiger partial charge is 0.493 e. The van der Waals surface area contributed by atoms with Crippen LogP contribution in [0.4, 0.5) is 0 Å². The third-order valence-electron chi connectivity index (χ3n) is 3.51. The molecule has 0 unspecified atom stereocenters. The van der Waals surface area contributed by atoms with Gasteiger partial charge in [-0.2, -0.15) is 0 Å². The minimum atomic E-state index is 0.642. The highest BCUT2D eigenvalue weighted by atomic mass is 16.5. The van der Waals surface area contributed by atoms with E-state index in [0.29, 0.717) is 17.2 Å². The second kappa shape index (κ2) is 10.3. The zero-order valence-corrected chi connectivity index (χ0v) is 13.8. The van der Waals surface area contributed by atoms with E-state index in [1.54, 1.807) is 21.3 Å². The Hall–Kier alpha value is -1.42. The average molecular weight is 295 g/mol. The van der Waals surface area contributed by atoms with Crippen LogP contribution < -0.4 is 19.5 Å². The van der Waals surface area contributed by atoms with E-state index in [1.165, 1.54) is 32.1 Å². The molecule has 0 aliphatic heterocycles. The molecular formula is C17H29NO3. The van der Waals surface area contributed by atoms with Gasteiger partial charge in [0.2, 0.25) is 5.75 Å². The molecule has 4 nitrogen and oxygen atoms in total. The molecule has 0 atom stereocenters. The molecule has 0 fully saturated rings. The fourth-order valence-corrected chi connectivity index (χ4v) is 2.32. The van der Waals surface area contributed by atoms with Crippen molar-refractivity contribution < 1.29 is 14.2 Å². The maximum absolute atomic E-state index is 5.36. The number of methoxy groups -OCH3 is 3. The van der Waals surface area contributed by atoms with Crippen molar-refractivity contribution in [2.75, 3.05) is 27.9 Å². The molecule has 1 rings (SSSR count). The van der Waals surface area contributed by atoms with Crippen molar-refractivity contribution in [2.24, 2.45) is 0 Å². The fourth-order valence-electron chi connectivity index (χ4n) is 2.32. The molecule has 0 radical (unpaired) electrons. The molecule has 0 spiro atoms. The molecule has 120 valence electrons. The standard InChI is InChI=1S/C17H29NO3/c1-5-6-7-8-9-10-18-13-14-11-15(19-2)17(21-4)16(12-14)20-3/h11-12,18H,5-10,13H2,1-4H3. The summed E-state index contributed by atoms with van der Waals surface area (Å²) in [6.07, 6.45) is 6.49. The lowest BCUT2D eigenvalue weighted by molar-refractivity contribution is 0.323. The van der Waals surface area contributed by atoms with Crippen molar-refractivity contribution in [2.45, 2.75) is 45.6 Å². The summed E-state index contributed by atoms with van der Waals surface area (Å²) in [4.78, 5) is 0. The van der Waals surface area contributed by atoms with Crippen LogP contribution in [-0.4, -0.2) is 27.9 Å². The van der Waals surface area contributed by atoms with Gasteiger partial charge in [0.05, 0.1) is 21.3 Å². The lowest BCUT2D eigenvalue weighted by Gasteiger charge is -2.14. The molecule has 0 saturated heterocycles. The highest BCUT2D eigenvalue weighted by molar-refractivity contribution is 5.53. The van der Waals surface area contributed by atoms with E-state index in [9.17, 15) is 0 Å². The summed E-state index contributed by atoms with van der Waals surface area (Å²) in [5.74, 6) is 2.05. The van der Waals surface area contributed by atoms with Gasteiger partial charge in [0.15, 0.2) is 11.5 Å². The SMILES string of the molecule is CCCCCCCNCc1cc(OC)c(OC)c(OC)c1. The number of ether oxygens (including phenoxy) is 3. The van der Waals surface area contributed by atoms with E-state index in [2.05, 4.69) is 12.2 Å². The second-order valence-electron chi connectivity index (χ2n) is 5.12. The predicted molar refractivity (Wildman–Crippen MR) is 86.6 cm³/mol. The van der Waals surface area contributed by atoms with Crippen molar-refractivity contribution in [1.29, 1.82) is 0 Å². The van der Waals surface area contributed by atoms with Gasteiger partial charge in [0.1, 0.15) is 0 Å². The van der Waals surface area contributed by atoms with Crippen LogP contribution in [0.1, 0.15) is 44.6 Å². The first-order valence-electron chi connectivity index (χ1n) is 7.76. The summed E-state index contributed by atoms with van der Waals surface area (Å²) in [5.41, 5.74) is 1.14. The molecule has 0 bridgehead atoms. The van der Waals surface area contributed by atoms with Gasteiger partial charge in [0, 0.05) is 6.54 Å². The third-order valence-corrected chi connectivity index (χ3v) is 3.51. The lowest BCUT2D eigenvalue weighted by Crippen LogP contribution is -2.14. The minimum Gasteiger partial charge on any atom is -0.493 e. The molecule has 1 N–H and O–H groups in total. The Morgan fingerprint density at radius 2 is 1.48 bits per heavy atom. The zero-order valence-electron chi connectivity index (χ0n) is 13.8. The maximum Gasteiger partial charge on any atom is 0.203 e. The summed E-state index contributed by atoms with van der Waals surface area (Å²) in [5, 5.41) is 3.47. The van der Waals surface area contributed by atoms with Crippen molar-refractivity contribution in [3.63, 3.8) is 0 Å². The first-order chi connectivity index (χ1) is 10.3. The quantitative estimate of drug-likeness (QED) is 0.631. The van der Waals surface area contributed by atoms with E-state index in [4.69, 9.17) is 14.2 Å². The number of rotatable bonds is 11. The molecule has 21 heavy (non-hydrogen) atoms. The monoisotopic (exact) mass is 295 g/mol. The van der Waals surface area contributed by atoms with Crippen LogP contribution in [0.15, 0.2) is 12.1 Å². The number of unbranched alkanes of at least 4 members (excludes halogenated alkanes) is 4. The maximum atomic E-state index is 5.36. The van der Waals surface area contributed by atoms with E-state index < -0.39 is 0 Å². The summed E-state index contributed by atoms with van der Waals surface area (Å²) >= 11 is 0. The molecule has 1 aromatic rings. The average Bonchev–Trinajstić information content (AvgIpc) is 2.52. The van der Waals surface area contributed by atoms with Crippen LogP contribution in [0, 0.1) is 0 Å². The van der Waals surface area contributed by atoms with Gasteiger partial charge in [0.25, 0.3) is 0 Å². The Balaban J connectivity index is 2.48. The molecule has 1 aromatic carbocycles. The first-order valence-corrected chi connectivity index (χ1v) is 7.76. The van der Waals surface area contributed by atoms with Crippen LogP contribution in [0.2, 0.25) is 0 Å². The van der Waals surface area contributed by atoms with Crippen molar-refractivity contribution in [3.05, 3.63) is 17.7 Å². The molecule has 0 aromatic heterocycles. The van der Waals surface area contributed by atoms with E-state index >= 15 is 0 Å². The Labute approximate surface area is 128 Å². The first kappa shape index (κ1) is 17.6. The molecule has 4 heteroatoms.